The molecule has 95 heavy (non-hydrogen) atoms. The van der Waals surface area contributed by atoms with Gasteiger partial charge in [0.1, 0.15) is 11.2 Å². The minimum atomic E-state index is -3.03. The Morgan fingerprint density at radius 3 is 1.44 bits per heavy atom. The molecule has 17 aromatic rings. The van der Waals surface area contributed by atoms with E-state index in [0.717, 1.165) is 45.2 Å². The molecule has 1 unspecified atom stereocenters. The third-order valence-electron chi connectivity index (χ3n) is 20.7. The summed E-state index contributed by atoms with van der Waals surface area (Å²) in [6.07, 6.45) is 8.12. The first-order chi connectivity index (χ1) is 47.1. The number of aromatic nitrogens is 1. The van der Waals surface area contributed by atoms with Crippen molar-refractivity contribution in [3.8, 4) is 72.4 Å². The van der Waals surface area contributed by atoms with E-state index in [1.807, 2.05) is 0 Å². The lowest BCUT2D eigenvalue weighted by Crippen LogP contribution is -2.72. The van der Waals surface area contributed by atoms with Crippen LogP contribution in [0.15, 0.2) is 356 Å². The Kier molecular flexibility index (Phi) is 12.8. The normalized spacial score (nSPS) is 14.1. The van der Waals surface area contributed by atoms with E-state index in [0.29, 0.717) is 0 Å². The molecule has 2 aromatic heterocycles. The molecule has 444 valence electrons. The molecule has 1 atom stereocenters. The van der Waals surface area contributed by atoms with Crippen LogP contribution in [0.1, 0.15) is 23.5 Å². The van der Waals surface area contributed by atoms with Gasteiger partial charge >= 0.3 is 0 Å². The van der Waals surface area contributed by atoms with Crippen LogP contribution in [0.25, 0.3) is 143 Å². The van der Waals surface area contributed by atoms with Gasteiger partial charge in [0.2, 0.25) is 0 Å². The average molecular weight is 1220 g/mol. The van der Waals surface area contributed by atoms with Crippen LogP contribution in [-0.2, 0) is 0 Å². The van der Waals surface area contributed by atoms with E-state index in [4.69, 9.17) is 4.42 Å². The number of rotatable bonds is 10. The number of para-hydroxylation sites is 2. The summed E-state index contributed by atoms with van der Waals surface area (Å²) in [7, 11) is -3.03. The molecule has 1 aliphatic heterocycles. The van der Waals surface area contributed by atoms with E-state index in [1.54, 1.807) is 0 Å². The lowest BCUT2D eigenvalue weighted by atomic mass is 9.87. The van der Waals surface area contributed by atoms with Crippen LogP contribution < -0.4 is 20.7 Å². The number of hydrogen-bond acceptors (Lipinski definition) is 1. The van der Waals surface area contributed by atoms with Gasteiger partial charge in [0.25, 0.3) is 0 Å². The zero-order valence-corrected chi connectivity index (χ0v) is 53.1. The summed E-state index contributed by atoms with van der Waals surface area (Å²) in [5.41, 5.74) is 23.8. The molecular weight excluding hydrogens is 1160 g/mol. The summed E-state index contributed by atoms with van der Waals surface area (Å²) in [6, 6.07) is 125. The summed E-state index contributed by atoms with van der Waals surface area (Å²) in [4.78, 5) is 0. The number of allylic oxidation sites excluding steroid dienone is 4. The van der Waals surface area contributed by atoms with Gasteiger partial charge in [-0.1, -0.05) is 309 Å². The molecule has 3 heteroatoms. The van der Waals surface area contributed by atoms with Gasteiger partial charge in [0, 0.05) is 38.7 Å². The van der Waals surface area contributed by atoms with Crippen LogP contribution >= 0.6 is 0 Å². The van der Waals surface area contributed by atoms with Crippen LogP contribution in [0.4, 0.5) is 0 Å². The lowest BCUT2D eigenvalue weighted by molar-refractivity contribution is 0.670. The van der Waals surface area contributed by atoms with Crippen LogP contribution in [0, 0.1) is 0 Å². The summed E-state index contributed by atoms with van der Waals surface area (Å²) >= 11 is 0. The predicted molar refractivity (Wildman–Crippen MR) is 404 cm³/mol. The molecule has 3 heterocycles. The number of hydrogen-bond donors (Lipinski definition) is 0. The fourth-order valence-electron chi connectivity index (χ4n) is 16.1. The SMILES string of the molecule is C1=CC(c2ccc3c(c2)c2cc(-c4ccc(-c5ccc(-c6cccc7ccccc67)cc5)cc4)ccc2n3-c2ccc3c(c2)[Si](c2ccccc2)(c2ccccc2)c2cc(-c4cccc5c4oc4ccccc45)ccc2-3)CC=C1c1ccc(-c2cccc3ccccc23)cc1. The van der Waals surface area contributed by atoms with Gasteiger partial charge in [0.15, 0.2) is 8.07 Å². The predicted octanol–water partition coefficient (Wildman–Crippen LogP) is 21.8. The van der Waals surface area contributed by atoms with Gasteiger partial charge in [-0.05, 0) is 169 Å². The Labute approximate surface area is 552 Å². The molecule has 0 radical (unpaired) electrons. The molecule has 15 aromatic carbocycles. The Morgan fingerprint density at radius 2 is 0.800 bits per heavy atom. The highest BCUT2D eigenvalue weighted by molar-refractivity contribution is 7.22. The summed E-state index contributed by atoms with van der Waals surface area (Å²) < 4.78 is 9.28. The quantitative estimate of drug-likeness (QED) is 0.125. The largest absolute Gasteiger partial charge is 0.455 e. The van der Waals surface area contributed by atoms with Gasteiger partial charge in [-0.25, -0.2) is 0 Å². The molecule has 1 aliphatic carbocycles. The van der Waals surface area contributed by atoms with Crippen LogP contribution in [-0.4, -0.2) is 12.6 Å². The molecule has 0 amide bonds. The topological polar surface area (TPSA) is 18.1 Å². The maximum Gasteiger partial charge on any atom is 0.180 e. The number of furan rings is 1. The standard InChI is InChI=1S/C92H61NOSi/c1-3-20-74(21-4-1)95(75-22-5-2-6-23-75)90-58-72(80-29-15-30-84-81-26-11-12-31-89(81)94-92(80)84)48-52-82(90)83-53-51-73(59-91(83)95)93-87-54-49-70(64-36-32-60(33-37-64)62-40-44-68(45-41-62)78-27-13-18-66-16-7-9-24-76(66)78)56-85(87)86-57-71(50-55-88(86)93)65-38-34-61(35-39-65)63-42-46-69(47-43-63)79-28-14-19-67-17-8-10-25-77(67)79/h1-38,40-59,65H,39H2. The lowest BCUT2D eigenvalue weighted by Gasteiger charge is -2.32. The molecule has 19 rings (SSSR count). The maximum absolute atomic E-state index is 6.74. The van der Waals surface area contributed by atoms with Crippen molar-refractivity contribution in [3.05, 3.63) is 363 Å². The minimum Gasteiger partial charge on any atom is -0.455 e. The van der Waals surface area contributed by atoms with Gasteiger partial charge in [0.05, 0.1) is 11.0 Å². The highest BCUT2D eigenvalue weighted by Crippen LogP contribution is 2.43. The van der Waals surface area contributed by atoms with Gasteiger partial charge in [-0.3, -0.25) is 0 Å². The second-order valence-corrected chi connectivity index (χ2v) is 29.5. The van der Waals surface area contributed by atoms with Crippen molar-refractivity contribution < 1.29 is 4.42 Å². The van der Waals surface area contributed by atoms with Crippen LogP contribution in [0.5, 0.6) is 0 Å². The summed E-state index contributed by atoms with van der Waals surface area (Å²) in [5, 5.41) is 15.3. The molecule has 0 N–H and O–H groups in total. The highest BCUT2D eigenvalue weighted by Gasteiger charge is 2.49. The van der Waals surface area contributed by atoms with E-state index in [9.17, 15) is 0 Å². The Morgan fingerprint density at radius 1 is 0.316 bits per heavy atom. The first-order valence-corrected chi connectivity index (χ1v) is 35.1. The Balaban J connectivity index is 0.729. The Bertz CT molecular complexity index is 5920. The summed E-state index contributed by atoms with van der Waals surface area (Å²) in [6.45, 7) is 0. The monoisotopic (exact) mass is 1220 g/mol. The molecule has 2 aliphatic rings. The van der Waals surface area contributed by atoms with E-state index in [2.05, 4.69) is 356 Å². The molecule has 2 nitrogen and oxygen atoms in total. The third-order valence-corrected chi connectivity index (χ3v) is 25.5. The van der Waals surface area contributed by atoms with Gasteiger partial charge < -0.3 is 8.98 Å². The van der Waals surface area contributed by atoms with Gasteiger partial charge in [-0.15, -0.1) is 0 Å². The molecule has 0 bridgehead atoms. The van der Waals surface area contributed by atoms with E-state index >= 15 is 0 Å². The van der Waals surface area contributed by atoms with Crippen molar-refractivity contribution in [1.29, 1.82) is 0 Å². The first-order valence-electron chi connectivity index (χ1n) is 33.1. The van der Waals surface area contributed by atoms with Crippen LogP contribution in [0.2, 0.25) is 0 Å². The molecular formula is C92H61NOSi. The van der Waals surface area contributed by atoms with E-state index in [-0.39, 0.29) is 5.92 Å². The van der Waals surface area contributed by atoms with E-state index < -0.39 is 8.07 Å². The van der Waals surface area contributed by atoms with Crippen molar-refractivity contribution >= 4 is 99.7 Å². The minimum absolute atomic E-state index is 0.221. The van der Waals surface area contributed by atoms with E-state index in [1.165, 1.54) is 136 Å². The summed E-state index contributed by atoms with van der Waals surface area (Å²) in [5.74, 6) is 0.221. The average Bonchev–Trinajstić information content (AvgIpc) is 1.61. The number of fused-ring (bicyclic) bond motifs is 11. The molecule has 0 saturated heterocycles. The van der Waals surface area contributed by atoms with Gasteiger partial charge in [-0.2, -0.15) is 0 Å². The molecule has 0 saturated carbocycles. The highest BCUT2D eigenvalue weighted by atomic mass is 28.3. The van der Waals surface area contributed by atoms with Crippen LogP contribution in [0.3, 0.4) is 0 Å². The van der Waals surface area contributed by atoms with Crippen molar-refractivity contribution in [2.75, 3.05) is 0 Å². The van der Waals surface area contributed by atoms with Crippen molar-refractivity contribution in [3.63, 3.8) is 0 Å². The zero-order valence-electron chi connectivity index (χ0n) is 52.1. The second kappa shape index (κ2) is 22.2. The van der Waals surface area contributed by atoms with Crippen molar-refractivity contribution in [2.24, 2.45) is 0 Å². The smallest absolute Gasteiger partial charge is 0.180 e. The third kappa shape index (κ3) is 8.92. The number of nitrogens with zero attached hydrogens (tertiary/aromatic N) is 1. The maximum atomic E-state index is 6.74. The Hall–Kier alpha value is -11.9. The fraction of sp³-hybridized carbons (Fsp3) is 0.0217. The molecule has 0 fully saturated rings. The zero-order chi connectivity index (χ0) is 62.6. The molecule has 0 spiro atoms. The second-order valence-electron chi connectivity index (χ2n) is 25.7. The van der Waals surface area contributed by atoms with Crippen molar-refractivity contribution in [2.45, 2.75) is 12.3 Å². The van der Waals surface area contributed by atoms with Crippen molar-refractivity contribution in [1.82, 2.24) is 4.57 Å². The first kappa shape index (κ1) is 54.8. The fourth-order valence-corrected chi connectivity index (χ4v) is 21.3. The number of benzene rings is 15.